The first-order chi connectivity index (χ1) is 8.78. The molecule has 1 saturated carbocycles. The smallest absolute Gasteiger partial charge is 0.234 e. The first kappa shape index (κ1) is 13.5. The fourth-order valence-corrected chi connectivity index (χ4v) is 3.00. The van der Waals surface area contributed by atoms with E-state index in [1.807, 2.05) is 6.20 Å². The number of amides is 1. The molecular weight excluding hydrogens is 246 g/mol. The Morgan fingerprint density at radius 3 is 2.94 bits per heavy atom. The normalized spacial score (nSPS) is 16.1. The van der Waals surface area contributed by atoms with Gasteiger partial charge < -0.3 is 10.6 Å². The minimum atomic E-state index is 0.0650. The summed E-state index contributed by atoms with van der Waals surface area (Å²) in [5, 5.41) is 7.20. The van der Waals surface area contributed by atoms with Crippen molar-refractivity contribution in [1.82, 2.24) is 15.6 Å². The van der Waals surface area contributed by atoms with Crippen LogP contribution >= 0.6 is 11.3 Å². The van der Waals surface area contributed by atoms with Crippen LogP contribution in [0.5, 0.6) is 0 Å². The summed E-state index contributed by atoms with van der Waals surface area (Å²) in [6.45, 7) is 3.09. The number of hydrogen-bond acceptors (Lipinski definition) is 4. The van der Waals surface area contributed by atoms with Crippen LogP contribution < -0.4 is 10.6 Å². The van der Waals surface area contributed by atoms with Crippen molar-refractivity contribution < 1.29 is 4.79 Å². The fourth-order valence-electron chi connectivity index (χ4n) is 2.20. The quantitative estimate of drug-likeness (QED) is 0.827. The van der Waals surface area contributed by atoms with Crippen LogP contribution in [-0.4, -0.2) is 23.5 Å². The first-order valence-corrected chi connectivity index (χ1v) is 7.53. The number of nitrogens with one attached hydrogen (secondary N) is 2. The van der Waals surface area contributed by atoms with Crippen molar-refractivity contribution in [3.8, 4) is 0 Å². The number of rotatable bonds is 6. The summed E-state index contributed by atoms with van der Waals surface area (Å²) in [4.78, 5) is 17.2. The van der Waals surface area contributed by atoms with Gasteiger partial charge in [0.15, 0.2) is 0 Å². The Bertz CT molecular complexity index is 385. The molecular formula is C13H21N3OS. The van der Waals surface area contributed by atoms with Gasteiger partial charge in [0.25, 0.3) is 0 Å². The van der Waals surface area contributed by atoms with E-state index in [2.05, 4.69) is 22.5 Å². The maximum absolute atomic E-state index is 11.7. The van der Waals surface area contributed by atoms with E-state index in [9.17, 15) is 4.79 Å². The Balaban J connectivity index is 1.64. The lowest BCUT2D eigenvalue weighted by molar-refractivity contribution is -0.120. The summed E-state index contributed by atoms with van der Waals surface area (Å²) < 4.78 is 0. The van der Waals surface area contributed by atoms with Crippen LogP contribution in [0, 0.1) is 0 Å². The van der Waals surface area contributed by atoms with Gasteiger partial charge in [-0.1, -0.05) is 19.8 Å². The van der Waals surface area contributed by atoms with Gasteiger partial charge in [0.2, 0.25) is 5.91 Å². The second-order valence-electron chi connectivity index (χ2n) is 4.71. The monoisotopic (exact) mass is 267 g/mol. The molecule has 1 aliphatic carbocycles. The van der Waals surface area contributed by atoms with Gasteiger partial charge >= 0.3 is 0 Å². The molecule has 1 heterocycles. The summed E-state index contributed by atoms with van der Waals surface area (Å²) in [5.41, 5.74) is 0. The second kappa shape index (κ2) is 6.85. The summed E-state index contributed by atoms with van der Waals surface area (Å²) in [6.07, 6.45) is 7.90. The lowest BCUT2D eigenvalue weighted by atomic mass is 10.2. The van der Waals surface area contributed by atoms with Gasteiger partial charge in [0, 0.05) is 17.1 Å². The third-order valence-corrected chi connectivity index (χ3v) is 4.43. The van der Waals surface area contributed by atoms with Crippen LogP contribution in [0.15, 0.2) is 6.20 Å². The van der Waals surface area contributed by atoms with Gasteiger partial charge in [0.1, 0.15) is 5.01 Å². The molecule has 0 atom stereocenters. The highest BCUT2D eigenvalue weighted by molar-refractivity contribution is 7.11. The highest BCUT2D eigenvalue weighted by atomic mass is 32.1. The number of hydrogen-bond donors (Lipinski definition) is 2. The maximum atomic E-state index is 11.7. The van der Waals surface area contributed by atoms with Gasteiger partial charge in [-0.25, -0.2) is 4.98 Å². The highest BCUT2D eigenvalue weighted by Crippen LogP contribution is 2.17. The molecule has 1 amide bonds. The third kappa shape index (κ3) is 4.07. The third-order valence-electron chi connectivity index (χ3n) is 3.29. The fraction of sp³-hybridized carbons (Fsp3) is 0.692. The molecule has 0 saturated heterocycles. The molecule has 1 aliphatic rings. The summed E-state index contributed by atoms with van der Waals surface area (Å²) in [7, 11) is 0. The van der Waals surface area contributed by atoms with Crippen LogP contribution in [0.2, 0.25) is 0 Å². The summed E-state index contributed by atoms with van der Waals surface area (Å²) >= 11 is 1.67. The average molecular weight is 267 g/mol. The minimum Gasteiger partial charge on any atom is -0.348 e. The predicted octanol–water partition coefficient (Wildman–Crippen LogP) is 1.85. The van der Waals surface area contributed by atoms with E-state index in [1.54, 1.807) is 11.3 Å². The number of thiazole rings is 1. The van der Waals surface area contributed by atoms with E-state index in [-0.39, 0.29) is 5.91 Å². The molecule has 18 heavy (non-hydrogen) atoms. The van der Waals surface area contributed by atoms with Crippen molar-refractivity contribution in [3.05, 3.63) is 16.1 Å². The zero-order valence-corrected chi connectivity index (χ0v) is 11.7. The van der Waals surface area contributed by atoms with E-state index in [4.69, 9.17) is 0 Å². The van der Waals surface area contributed by atoms with Crippen molar-refractivity contribution in [2.24, 2.45) is 0 Å². The van der Waals surface area contributed by atoms with E-state index < -0.39 is 0 Å². The molecule has 1 aromatic rings. The van der Waals surface area contributed by atoms with Gasteiger partial charge in [-0.05, 0) is 19.3 Å². The van der Waals surface area contributed by atoms with Gasteiger partial charge in [-0.3, -0.25) is 4.79 Å². The van der Waals surface area contributed by atoms with Gasteiger partial charge in [-0.15, -0.1) is 11.3 Å². The van der Waals surface area contributed by atoms with Crippen LogP contribution in [0.4, 0.5) is 0 Å². The number of nitrogens with zero attached hydrogens (tertiary/aromatic N) is 1. The first-order valence-electron chi connectivity index (χ1n) is 6.71. The Kier molecular flexibility index (Phi) is 5.13. The van der Waals surface area contributed by atoms with Gasteiger partial charge in [-0.2, -0.15) is 0 Å². The van der Waals surface area contributed by atoms with E-state index in [0.29, 0.717) is 19.1 Å². The Hall–Kier alpha value is -0.940. The molecule has 0 bridgehead atoms. The van der Waals surface area contributed by atoms with Crippen LogP contribution in [0.1, 0.15) is 42.5 Å². The molecule has 2 rings (SSSR count). The molecule has 0 unspecified atom stereocenters. The van der Waals surface area contributed by atoms with Gasteiger partial charge in [0.05, 0.1) is 13.1 Å². The van der Waals surface area contributed by atoms with E-state index in [0.717, 1.165) is 11.4 Å². The molecule has 0 radical (unpaired) electrons. The average Bonchev–Trinajstić information content (AvgIpc) is 3.04. The van der Waals surface area contributed by atoms with Crippen molar-refractivity contribution in [1.29, 1.82) is 0 Å². The molecule has 2 N–H and O–H groups in total. The van der Waals surface area contributed by atoms with Crippen molar-refractivity contribution in [2.45, 2.75) is 51.6 Å². The van der Waals surface area contributed by atoms with E-state index in [1.165, 1.54) is 30.6 Å². The predicted molar refractivity (Wildman–Crippen MR) is 73.6 cm³/mol. The van der Waals surface area contributed by atoms with Crippen molar-refractivity contribution in [3.63, 3.8) is 0 Å². The summed E-state index contributed by atoms with van der Waals surface area (Å²) in [5.74, 6) is 0.0650. The highest BCUT2D eigenvalue weighted by Gasteiger charge is 2.15. The minimum absolute atomic E-state index is 0.0650. The number of aromatic nitrogens is 1. The molecule has 5 heteroatoms. The standard InChI is InChI=1S/C13H21N3OS/c1-2-11-7-16-13(18-11)9-15-12(17)8-14-10-5-3-4-6-10/h7,10,14H,2-6,8-9H2,1H3,(H,15,17). The Labute approximate surface area is 112 Å². The number of carbonyl (C=O) groups excluding carboxylic acids is 1. The van der Waals surface area contributed by atoms with Crippen molar-refractivity contribution in [2.75, 3.05) is 6.54 Å². The van der Waals surface area contributed by atoms with E-state index >= 15 is 0 Å². The lowest BCUT2D eigenvalue weighted by Crippen LogP contribution is -2.37. The summed E-state index contributed by atoms with van der Waals surface area (Å²) in [6, 6.07) is 0.544. The molecule has 100 valence electrons. The molecule has 0 spiro atoms. The molecule has 0 aromatic carbocycles. The number of aryl methyl sites for hydroxylation is 1. The molecule has 1 aromatic heterocycles. The second-order valence-corrected chi connectivity index (χ2v) is 5.91. The topological polar surface area (TPSA) is 54.0 Å². The SMILES string of the molecule is CCc1cnc(CNC(=O)CNC2CCCC2)s1. The van der Waals surface area contributed by atoms with Crippen LogP contribution in [0.3, 0.4) is 0 Å². The zero-order chi connectivity index (χ0) is 12.8. The maximum Gasteiger partial charge on any atom is 0.234 e. The molecule has 1 fully saturated rings. The van der Waals surface area contributed by atoms with Crippen LogP contribution in [-0.2, 0) is 17.8 Å². The number of carbonyl (C=O) groups is 1. The largest absolute Gasteiger partial charge is 0.348 e. The lowest BCUT2D eigenvalue weighted by Gasteiger charge is -2.11. The Morgan fingerprint density at radius 2 is 2.28 bits per heavy atom. The molecule has 0 aliphatic heterocycles. The van der Waals surface area contributed by atoms with Crippen molar-refractivity contribution >= 4 is 17.2 Å². The van der Waals surface area contributed by atoms with Crippen LogP contribution in [0.25, 0.3) is 0 Å². The Morgan fingerprint density at radius 1 is 1.50 bits per heavy atom. The zero-order valence-electron chi connectivity index (χ0n) is 10.9. The molecule has 4 nitrogen and oxygen atoms in total.